The Morgan fingerprint density at radius 2 is 2.00 bits per heavy atom. The minimum atomic E-state index is -0.0468. The topological polar surface area (TPSA) is 64.0 Å². The third-order valence-electron chi connectivity index (χ3n) is 3.47. The van der Waals surface area contributed by atoms with E-state index in [4.69, 9.17) is 4.74 Å². The minimum Gasteiger partial charge on any atom is -0.368 e. The van der Waals surface area contributed by atoms with E-state index in [0.29, 0.717) is 6.61 Å². The van der Waals surface area contributed by atoms with Gasteiger partial charge in [-0.25, -0.2) is 19.9 Å². The molecule has 21 heavy (non-hydrogen) atoms. The number of aromatic nitrogens is 4. The monoisotopic (exact) mass is 285 g/mol. The molecule has 6 nitrogen and oxygen atoms in total. The number of hydrogen-bond acceptors (Lipinski definition) is 6. The van der Waals surface area contributed by atoms with E-state index in [2.05, 4.69) is 24.8 Å². The van der Waals surface area contributed by atoms with Crippen LogP contribution in [0.3, 0.4) is 0 Å². The molecule has 1 atom stereocenters. The maximum absolute atomic E-state index is 5.88. The molecule has 3 rings (SSSR count). The molecule has 1 fully saturated rings. The molecule has 0 amide bonds. The summed E-state index contributed by atoms with van der Waals surface area (Å²) in [5, 5.41) is 0. The van der Waals surface area contributed by atoms with Gasteiger partial charge in [-0.1, -0.05) is 0 Å². The lowest BCUT2D eigenvalue weighted by Crippen LogP contribution is -2.39. The van der Waals surface area contributed by atoms with Crippen LogP contribution < -0.4 is 4.90 Å². The van der Waals surface area contributed by atoms with E-state index in [1.54, 1.807) is 6.20 Å². The van der Waals surface area contributed by atoms with Crippen molar-refractivity contribution in [3.8, 4) is 0 Å². The average molecular weight is 285 g/mol. The van der Waals surface area contributed by atoms with Crippen molar-refractivity contribution in [3.05, 3.63) is 41.4 Å². The van der Waals surface area contributed by atoms with Crippen LogP contribution in [0, 0.1) is 20.8 Å². The van der Waals surface area contributed by atoms with Crippen molar-refractivity contribution < 1.29 is 4.74 Å². The number of nitrogens with zero attached hydrogens (tertiary/aromatic N) is 5. The second-order valence-electron chi connectivity index (χ2n) is 5.25. The molecule has 110 valence electrons. The number of rotatable bonds is 2. The van der Waals surface area contributed by atoms with Gasteiger partial charge in [-0.2, -0.15) is 0 Å². The van der Waals surface area contributed by atoms with Crippen LogP contribution in [0.5, 0.6) is 0 Å². The van der Waals surface area contributed by atoms with Crippen LogP contribution in [-0.4, -0.2) is 39.6 Å². The Balaban J connectivity index is 1.82. The van der Waals surface area contributed by atoms with Gasteiger partial charge in [-0.15, -0.1) is 0 Å². The fourth-order valence-electron chi connectivity index (χ4n) is 2.57. The molecule has 2 aromatic heterocycles. The van der Waals surface area contributed by atoms with Crippen molar-refractivity contribution in [1.29, 1.82) is 0 Å². The van der Waals surface area contributed by atoms with Crippen molar-refractivity contribution in [2.75, 3.05) is 24.6 Å². The Morgan fingerprint density at radius 1 is 1.14 bits per heavy atom. The summed E-state index contributed by atoms with van der Waals surface area (Å²) in [6, 6.07) is 3.93. The molecule has 2 aromatic rings. The van der Waals surface area contributed by atoms with E-state index in [-0.39, 0.29) is 6.10 Å². The molecule has 0 spiro atoms. The highest BCUT2D eigenvalue weighted by Crippen LogP contribution is 2.24. The van der Waals surface area contributed by atoms with Crippen molar-refractivity contribution in [2.24, 2.45) is 0 Å². The Labute approximate surface area is 124 Å². The molecule has 1 aliphatic heterocycles. The second-order valence-corrected chi connectivity index (χ2v) is 5.25. The van der Waals surface area contributed by atoms with Gasteiger partial charge in [-0.3, -0.25) is 0 Å². The third-order valence-corrected chi connectivity index (χ3v) is 3.47. The van der Waals surface area contributed by atoms with Crippen LogP contribution in [0.4, 0.5) is 5.82 Å². The first-order valence-electron chi connectivity index (χ1n) is 7.10. The van der Waals surface area contributed by atoms with Gasteiger partial charge in [0.1, 0.15) is 23.6 Å². The number of morpholine rings is 1. The largest absolute Gasteiger partial charge is 0.368 e. The van der Waals surface area contributed by atoms with Gasteiger partial charge in [-0.05, 0) is 32.9 Å². The van der Waals surface area contributed by atoms with Crippen molar-refractivity contribution >= 4 is 5.82 Å². The first kappa shape index (κ1) is 13.9. The maximum Gasteiger partial charge on any atom is 0.132 e. The highest BCUT2D eigenvalue weighted by atomic mass is 16.5. The molecule has 0 aromatic carbocycles. The predicted molar refractivity (Wildman–Crippen MR) is 79.2 cm³/mol. The summed E-state index contributed by atoms with van der Waals surface area (Å²) in [5.41, 5.74) is 1.91. The lowest BCUT2D eigenvalue weighted by Gasteiger charge is -2.33. The number of anilines is 1. The van der Waals surface area contributed by atoms with Crippen LogP contribution in [0.1, 0.15) is 29.1 Å². The molecule has 0 aliphatic carbocycles. The fourth-order valence-corrected chi connectivity index (χ4v) is 2.57. The smallest absolute Gasteiger partial charge is 0.132 e. The zero-order chi connectivity index (χ0) is 14.8. The molecule has 1 aliphatic rings. The molecule has 3 heterocycles. The van der Waals surface area contributed by atoms with Gasteiger partial charge in [0.15, 0.2) is 0 Å². The van der Waals surface area contributed by atoms with Crippen LogP contribution >= 0.6 is 0 Å². The molecule has 0 unspecified atom stereocenters. The summed E-state index contributed by atoms with van der Waals surface area (Å²) in [6.45, 7) is 8.02. The van der Waals surface area contributed by atoms with E-state index in [9.17, 15) is 0 Å². The first-order chi connectivity index (χ1) is 10.1. The average Bonchev–Trinajstić information content (AvgIpc) is 2.46. The Hall–Kier alpha value is -2.08. The van der Waals surface area contributed by atoms with Crippen molar-refractivity contribution in [2.45, 2.75) is 26.9 Å². The standard InChI is InChI=1S/C15H19N5O/c1-10-8-13(18-12(3)17-10)14-9-20(6-7-21-14)15-4-5-16-11(2)19-15/h4-5,8,14H,6-7,9H2,1-3H3/t14-/m1/s1. The quantitative estimate of drug-likeness (QED) is 0.838. The lowest BCUT2D eigenvalue weighted by atomic mass is 10.1. The van der Waals surface area contributed by atoms with Crippen LogP contribution in [0.25, 0.3) is 0 Å². The van der Waals surface area contributed by atoms with Crippen molar-refractivity contribution in [1.82, 2.24) is 19.9 Å². The molecule has 6 heteroatoms. The SMILES string of the molecule is Cc1cc([C@H]2CN(c3ccnc(C)n3)CCO2)nc(C)n1. The van der Waals surface area contributed by atoms with Gasteiger partial charge in [0.05, 0.1) is 18.8 Å². The fraction of sp³-hybridized carbons (Fsp3) is 0.467. The molecule has 1 saturated heterocycles. The van der Waals surface area contributed by atoms with E-state index in [1.807, 2.05) is 32.9 Å². The number of aryl methyl sites for hydroxylation is 3. The van der Waals surface area contributed by atoms with E-state index in [0.717, 1.165) is 41.9 Å². The molecule has 0 saturated carbocycles. The summed E-state index contributed by atoms with van der Waals surface area (Å²) < 4.78 is 5.88. The Kier molecular flexibility index (Phi) is 3.79. The zero-order valence-corrected chi connectivity index (χ0v) is 12.6. The van der Waals surface area contributed by atoms with Crippen LogP contribution in [0.2, 0.25) is 0 Å². The molecule has 0 N–H and O–H groups in total. The van der Waals surface area contributed by atoms with E-state index in [1.165, 1.54) is 0 Å². The number of ether oxygens (including phenoxy) is 1. The van der Waals surface area contributed by atoms with Gasteiger partial charge in [0, 0.05) is 18.4 Å². The normalized spacial score (nSPS) is 18.8. The lowest BCUT2D eigenvalue weighted by molar-refractivity contribution is 0.0365. The summed E-state index contributed by atoms with van der Waals surface area (Å²) >= 11 is 0. The Bertz CT molecular complexity index is 625. The molecular weight excluding hydrogens is 266 g/mol. The van der Waals surface area contributed by atoms with E-state index < -0.39 is 0 Å². The van der Waals surface area contributed by atoms with E-state index >= 15 is 0 Å². The van der Waals surface area contributed by atoms with Crippen LogP contribution in [-0.2, 0) is 4.74 Å². The summed E-state index contributed by atoms with van der Waals surface area (Å²) in [7, 11) is 0. The highest BCUT2D eigenvalue weighted by molar-refractivity contribution is 5.38. The van der Waals surface area contributed by atoms with Gasteiger partial charge in [0.2, 0.25) is 0 Å². The van der Waals surface area contributed by atoms with Gasteiger partial charge < -0.3 is 9.64 Å². The molecule has 0 radical (unpaired) electrons. The van der Waals surface area contributed by atoms with Gasteiger partial charge in [0.25, 0.3) is 0 Å². The minimum absolute atomic E-state index is 0.0468. The molecule has 0 bridgehead atoms. The maximum atomic E-state index is 5.88. The third kappa shape index (κ3) is 3.16. The predicted octanol–water partition coefficient (Wildman–Crippen LogP) is 1.77. The van der Waals surface area contributed by atoms with Crippen molar-refractivity contribution in [3.63, 3.8) is 0 Å². The zero-order valence-electron chi connectivity index (χ0n) is 12.6. The number of hydrogen-bond donors (Lipinski definition) is 0. The van der Waals surface area contributed by atoms with Gasteiger partial charge >= 0.3 is 0 Å². The summed E-state index contributed by atoms with van der Waals surface area (Å²) in [4.78, 5) is 19.7. The first-order valence-corrected chi connectivity index (χ1v) is 7.10. The molecular formula is C15H19N5O. The summed E-state index contributed by atoms with van der Waals surface area (Å²) in [6.07, 6.45) is 1.75. The summed E-state index contributed by atoms with van der Waals surface area (Å²) in [5.74, 6) is 2.51. The second kappa shape index (κ2) is 5.73. The van der Waals surface area contributed by atoms with Crippen LogP contribution in [0.15, 0.2) is 18.3 Å². The highest BCUT2D eigenvalue weighted by Gasteiger charge is 2.24. The Morgan fingerprint density at radius 3 is 2.76 bits per heavy atom.